The van der Waals surface area contributed by atoms with Crippen molar-refractivity contribution in [1.29, 1.82) is 0 Å². The number of anilines is 2. The second-order valence-electron chi connectivity index (χ2n) is 8.85. The van der Waals surface area contributed by atoms with Gasteiger partial charge in [0, 0.05) is 24.5 Å². The van der Waals surface area contributed by atoms with E-state index < -0.39 is 5.82 Å². The number of halogens is 2. The smallest absolute Gasteiger partial charge is 0.237 e. The summed E-state index contributed by atoms with van der Waals surface area (Å²) >= 11 is 5.93. The van der Waals surface area contributed by atoms with E-state index in [-0.39, 0.29) is 28.8 Å². The molecule has 2 aliphatic rings. The van der Waals surface area contributed by atoms with Gasteiger partial charge in [-0.15, -0.1) is 0 Å². The molecule has 0 spiro atoms. The Labute approximate surface area is 207 Å². The molecule has 0 unspecified atom stereocenters. The normalized spacial score (nSPS) is 22.5. The predicted molar refractivity (Wildman–Crippen MR) is 132 cm³/mol. The highest BCUT2D eigenvalue weighted by molar-refractivity contribution is 6.31. The Kier molecular flexibility index (Phi) is 6.88. The standard InChI is InChI=1S/C25H27ClFN5O3/c1-34-20-12-19-16(24(31-13-30-19)32-18-4-2-3-17(26)22(18)27)11-21(20)35-15-7-5-14(6-8-15)23-25(33)29-10-9-28-23/h2-4,11-15,23,28H,5-10H2,1H3,(H,29,33)(H,30,31,32)/t14?,15?,23-/m1/s1. The van der Waals surface area contributed by atoms with Crippen LogP contribution in [-0.4, -0.2) is 48.2 Å². The van der Waals surface area contributed by atoms with E-state index in [1.165, 1.54) is 12.4 Å². The number of ether oxygens (including phenoxy) is 2. The fourth-order valence-corrected chi connectivity index (χ4v) is 5.03. The number of carbonyl (C=O) groups is 1. The number of methoxy groups -OCH3 is 1. The largest absolute Gasteiger partial charge is 0.493 e. The first-order chi connectivity index (χ1) is 17.0. The van der Waals surface area contributed by atoms with Crippen molar-refractivity contribution in [3.05, 3.63) is 47.5 Å². The minimum Gasteiger partial charge on any atom is -0.493 e. The third kappa shape index (κ3) is 4.97. The maximum atomic E-state index is 14.5. The molecule has 1 amide bonds. The Morgan fingerprint density at radius 1 is 1.11 bits per heavy atom. The number of hydrogen-bond acceptors (Lipinski definition) is 7. The molecule has 8 nitrogen and oxygen atoms in total. The van der Waals surface area contributed by atoms with E-state index >= 15 is 0 Å². The van der Waals surface area contributed by atoms with Gasteiger partial charge in [0.15, 0.2) is 17.3 Å². The highest BCUT2D eigenvalue weighted by atomic mass is 35.5. The molecule has 5 rings (SSSR count). The van der Waals surface area contributed by atoms with Crippen LogP contribution in [0.5, 0.6) is 11.5 Å². The third-order valence-electron chi connectivity index (χ3n) is 6.68. The average Bonchev–Trinajstić information content (AvgIpc) is 2.87. The van der Waals surface area contributed by atoms with Gasteiger partial charge in [0.05, 0.1) is 35.5 Å². The number of nitrogens with one attached hydrogen (secondary N) is 3. The number of rotatable bonds is 6. The first-order valence-electron chi connectivity index (χ1n) is 11.7. The van der Waals surface area contributed by atoms with E-state index in [0.717, 1.165) is 32.2 Å². The fraction of sp³-hybridized carbons (Fsp3) is 0.400. The van der Waals surface area contributed by atoms with E-state index in [0.29, 0.717) is 40.7 Å². The molecule has 35 heavy (non-hydrogen) atoms. The molecule has 1 aliphatic carbocycles. The number of amides is 1. The summed E-state index contributed by atoms with van der Waals surface area (Å²) in [5, 5.41) is 10.00. The highest BCUT2D eigenvalue weighted by Gasteiger charge is 2.34. The molecule has 0 bridgehead atoms. The average molecular weight is 500 g/mol. The van der Waals surface area contributed by atoms with Gasteiger partial charge in [-0.05, 0) is 49.8 Å². The lowest BCUT2D eigenvalue weighted by Gasteiger charge is -2.35. The van der Waals surface area contributed by atoms with Crippen molar-refractivity contribution in [3.63, 3.8) is 0 Å². The van der Waals surface area contributed by atoms with Crippen LogP contribution in [0.3, 0.4) is 0 Å². The van der Waals surface area contributed by atoms with Crippen LogP contribution in [0.25, 0.3) is 10.9 Å². The summed E-state index contributed by atoms with van der Waals surface area (Å²) in [6.07, 6.45) is 4.87. The summed E-state index contributed by atoms with van der Waals surface area (Å²) in [7, 11) is 1.58. The second-order valence-corrected chi connectivity index (χ2v) is 9.25. The molecule has 184 valence electrons. The third-order valence-corrected chi connectivity index (χ3v) is 6.97. The molecule has 2 aromatic carbocycles. The van der Waals surface area contributed by atoms with Crippen LogP contribution >= 0.6 is 11.6 Å². The second kappa shape index (κ2) is 10.2. The Hall–Kier alpha value is -3.17. The minimum absolute atomic E-state index is 0.00401. The summed E-state index contributed by atoms with van der Waals surface area (Å²) < 4.78 is 26.4. The van der Waals surface area contributed by atoms with Crippen molar-refractivity contribution in [2.24, 2.45) is 5.92 Å². The molecule has 1 saturated carbocycles. The van der Waals surface area contributed by atoms with E-state index in [4.69, 9.17) is 21.1 Å². The zero-order valence-corrected chi connectivity index (χ0v) is 20.1. The van der Waals surface area contributed by atoms with Gasteiger partial charge in [0.1, 0.15) is 12.1 Å². The summed E-state index contributed by atoms with van der Waals surface area (Å²) in [4.78, 5) is 20.9. The molecule has 1 saturated heterocycles. The number of nitrogens with zero attached hydrogens (tertiary/aromatic N) is 2. The van der Waals surface area contributed by atoms with Crippen molar-refractivity contribution < 1.29 is 18.7 Å². The Bertz CT molecular complexity index is 1240. The first-order valence-corrected chi connectivity index (χ1v) is 12.1. The molecular weight excluding hydrogens is 473 g/mol. The molecule has 2 heterocycles. The fourth-order valence-electron chi connectivity index (χ4n) is 4.86. The van der Waals surface area contributed by atoms with Crippen molar-refractivity contribution in [2.45, 2.75) is 37.8 Å². The molecule has 1 aliphatic heterocycles. The number of hydrogen-bond donors (Lipinski definition) is 3. The van der Waals surface area contributed by atoms with Crippen LogP contribution < -0.4 is 25.4 Å². The number of benzene rings is 2. The van der Waals surface area contributed by atoms with Crippen LogP contribution in [0.1, 0.15) is 25.7 Å². The van der Waals surface area contributed by atoms with Crippen molar-refractivity contribution in [2.75, 3.05) is 25.5 Å². The molecule has 10 heteroatoms. The molecule has 0 radical (unpaired) electrons. The van der Waals surface area contributed by atoms with E-state index in [1.807, 2.05) is 6.07 Å². The van der Waals surface area contributed by atoms with Gasteiger partial charge >= 0.3 is 0 Å². The van der Waals surface area contributed by atoms with Crippen LogP contribution in [0.2, 0.25) is 5.02 Å². The van der Waals surface area contributed by atoms with Crippen molar-refractivity contribution in [1.82, 2.24) is 20.6 Å². The predicted octanol–water partition coefficient (Wildman–Crippen LogP) is 4.20. The number of piperazine rings is 1. The van der Waals surface area contributed by atoms with E-state index in [9.17, 15) is 9.18 Å². The zero-order chi connectivity index (χ0) is 24.4. The lowest BCUT2D eigenvalue weighted by atomic mass is 9.81. The number of aromatic nitrogens is 2. The first kappa shape index (κ1) is 23.6. The van der Waals surface area contributed by atoms with Gasteiger partial charge in [-0.25, -0.2) is 14.4 Å². The molecule has 2 fully saturated rings. The van der Waals surface area contributed by atoms with Gasteiger partial charge in [-0.3, -0.25) is 4.79 Å². The van der Waals surface area contributed by atoms with Gasteiger partial charge < -0.3 is 25.4 Å². The van der Waals surface area contributed by atoms with Crippen molar-refractivity contribution >= 4 is 39.9 Å². The zero-order valence-electron chi connectivity index (χ0n) is 19.3. The molecule has 1 atom stereocenters. The topological polar surface area (TPSA) is 97.4 Å². The van der Waals surface area contributed by atoms with E-state index in [2.05, 4.69) is 25.9 Å². The number of carbonyl (C=O) groups excluding carboxylic acids is 1. The lowest BCUT2D eigenvalue weighted by Crippen LogP contribution is -2.56. The number of fused-ring (bicyclic) bond motifs is 1. The van der Waals surface area contributed by atoms with E-state index in [1.54, 1.807) is 25.3 Å². The lowest BCUT2D eigenvalue weighted by molar-refractivity contribution is -0.126. The van der Waals surface area contributed by atoms with Crippen LogP contribution in [0.4, 0.5) is 15.9 Å². The maximum absolute atomic E-state index is 14.5. The van der Waals surface area contributed by atoms with Gasteiger partial charge in [-0.2, -0.15) is 0 Å². The van der Waals surface area contributed by atoms with Crippen LogP contribution in [0, 0.1) is 11.7 Å². The Morgan fingerprint density at radius 2 is 1.94 bits per heavy atom. The van der Waals surface area contributed by atoms with Gasteiger partial charge in [0.25, 0.3) is 0 Å². The van der Waals surface area contributed by atoms with Crippen LogP contribution in [-0.2, 0) is 4.79 Å². The molecular formula is C25H27ClFN5O3. The Balaban J connectivity index is 1.36. The SMILES string of the molecule is COc1cc2ncnc(Nc3cccc(Cl)c3F)c2cc1OC1CCC([C@H]2NCCNC2=O)CC1. The quantitative estimate of drug-likeness (QED) is 0.467. The Morgan fingerprint density at radius 3 is 2.71 bits per heavy atom. The molecule has 3 N–H and O–H groups in total. The molecule has 3 aromatic rings. The maximum Gasteiger partial charge on any atom is 0.237 e. The van der Waals surface area contributed by atoms with Gasteiger partial charge in [0.2, 0.25) is 5.91 Å². The van der Waals surface area contributed by atoms with Gasteiger partial charge in [-0.1, -0.05) is 17.7 Å². The summed E-state index contributed by atoms with van der Waals surface area (Å²) in [6, 6.07) is 8.22. The van der Waals surface area contributed by atoms with Crippen molar-refractivity contribution in [3.8, 4) is 11.5 Å². The summed E-state index contributed by atoms with van der Waals surface area (Å²) in [6.45, 7) is 1.48. The highest BCUT2D eigenvalue weighted by Crippen LogP contribution is 2.38. The molecule has 1 aromatic heterocycles. The summed E-state index contributed by atoms with van der Waals surface area (Å²) in [5.74, 6) is 1.40. The minimum atomic E-state index is -0.552. The van der Waals surface area contributed by atoms with Crippen LogP contribution in [0.15, 0.2) is 36.7 Å². The monoisotopic (exact) mass is 499 g/mol. The summed E-state index contributed by atoms with van der Waals surface area (Å²) in [5.41, 5.74) is 0.849.